The summed E-state index contributed by atoms with van der Waals surface area (Å²) in [5, 5.41) is 0. The number of amides is 1. The minimum Gasteiger partial charge on any atom is -0.456 e. The molecule has 0 spiro atoms. The Balaban J connectivity index is 1.88. The number of hydrazine groups is 1. The predicted octanol–water partition coefficient (Wildman–Crippen LogP) is 3.76. The van der Waals surface area contributed by atoms with Crippen LogP contribution in [0.3, 0.4) is 0 Å². The highest BCUT2D eigenvalue weighted by Crippen LogP contribution is 2.31. The highest BCUT2D eigenvalue weighted by Gasteiger charge is 2.29. The monoisotopic (exact) mass is 346 g/mol. The lowest BCUT2D eigenvalue weighted by atomic mass is 9.98. The summed E-state index contributed by atoms with van der Waals surface area (Å²) in [4.78, 5) is 24.3. The molecule has 0 saturated heterocycles. The van der Waals surface area contributed by atoms with Gasteiger partial charge in [-0.05, 0) is 64.2 Å². The maximum atomic E-state index is 12.2. The van der Waals surface area contributed by atoms with Gasteiger partial charge in [0.05, 0.1) is 5.56 Å². The highest BCUT2D eigenvalue weighted by molar-refractivity contribution is 5.89. The van der Waals surface area contributed by atoms with Crippen molar-refractivity contribution >= 4 is 11.9 Å². The predicted molar refractivity (Wildman–Crippen MR) is 97.8 cm³/mol. The molecule has 0 radical (unpaired) electrons. The molecule has 2 N–H and O–H groups in total. The van der Waals surface area contributed by atoms with Gasteiger partial charge in [-0.3, -0.25) is 10.2 Å². The summed E-state index contributed by atoms with van der Waals surface area (Å²) in [5.41, 5.74) is 6.92. The second-order valence-corrected chi connectivity index (χ2v) is 7.99. The van der Waals surface area contributed by atoms with Gasteiger partial charge in [-0.2, -0.15) is 0 Å². The maximum Gasteiger partial charge on any atom is 0.338 e. The van der Waals surface area contributed by atoms with Gasteiger partial charge < -0.3 is 4.74 Å². The van der Waals surface area contributed by atoms with Crippen molar-refractivity contribution in [1.29, 1.82) is 0 Å². The standard InChI is InChI=1S/C20H30N2O3/c1-13-7-6-8-17(13)18(23)22-21-14(2)15-9-11-16(12-10-15)19(24)25-20(3,4)5/h9-14,17,21H,6-8H2,1-5H3,(H,22,23)/t13-,14-,17+/m0/s1. The van der Waals surface area contributed by atoms with Crippen LogP contribution >= 0.6 is 0 Å². The Morgan fingerprint density at radius 2 is 1.80 bits per heavy atom. The number of ether oxygens (including phenoxy) is 1. The molecule has 3 atom stereocenters. The molecule has 5 heteroatoms. The average Bonchev–Trinajstić information content (AvgIpc) is 2.97. The number of nitrogens with one attached hydrogen (secondary N) is 2. The lowest BCUT2D eigenvalue weighted by Crippen LogP contribution is -2.43. The van der Waals surface area contributed by atoms with Gasteiger partial charge in [0.1, 0.15) is 5.60 Å². The first-order valence-corrected chi connectivity index (χ1v) is 9.06. The molecule has 1 amide bonds. The van der Waals surface area contributed by atoms with E-state index in [4.69, 9.17) is 4.74 Å². The summed E-state index contributed by atoms with van der Waals surface area (Å²) in [6.45, 7) is 9.65. The largest absolute Gasteiger partial charge is 0.456 e. The van der Waals surface area contributed by atoms with Crippen molar-refractivity contribution in [2.24, 2.45) is 11.8 Å². The number of rotatable bonds is 5. The molecule has 2 rings (SSSR count). The van der Waals surface area contributed by atoms with E-state index in [1.165, 1.54) is 0 Å². The van der Waals surface area contributed by atoms with E-state index in [9.17, 15) is 9.59 Å². The van der Waals surface area contributed by atoms with Gasteiger partial charge in [0, 0.05) is 12.0 Å². The fourth-order valence-electron chi connectivity index (χ4n) is 3.14. The van der Waals surface area contributed by atoms with Crippen molar-refractivity contribution in [3.8, 4) is 0 Å². The van der Waals surface area contributed by atoms with E-state index >= 15 is 0 Å². The van der Waals surface area contributed by atoms with Crippen LogP contribution in [0.5, 0.6) is 0 Å². The fourth-order valence-corrected chi connectivity index (χ4v) is 3.14. The SMILES string of the molecule is C[C@H](NNC(=O)[C@@H]1CCC[C@@H]1C)c1ccc(C(=O)OC(C)(C)C)cc1. The van der Waals surface area contributed by atoms with Gasteiger partial charge in [-0.15, -0.1) is 0 Å². The number of esters is 1. The minimum absolute atomic E-state index is 0.0478. The zero-order valence-electron chi connectivity index (χ0n) is 15.9. The number of hydrogen-bond acceptors (Lipinski definition) is 4. The van der Waals surface area contributed by atoms with Crippen LogP contribution in [0, 0.1) is 11.8 Å². The van der Waals surface area contributed by atoms with Gasteiger partial charge in [0.2, 0.25) is 5.91 Å². The third-order valence-electron chi connectivity index (χ3n) is 4.66. The minimum atomic E-state index is -0.508. The fraction of sp³-hybridized carbons (Fsp3) is 0.600. The van der Waals surface area contributed by atoms with Crippen LogP contribution in [0.15, 0.2) is 24.3 Å². The first-order valence-electron chi connectivity index (χ1n) is 9.06. The van der Waals surface area contributed by atoms with Crippen LogP contribution in [0.4, 0.5) is 0 Å². The summed E-state index contributed by atoms with van der Waals surface area (Å²) in [5.74, 6) is 0.296. The van der Waals surface area contributed by atoms with Crippen molar-refractivity contribution in [1.82, 2.24) is 10.9 Å². The van der Waals surface area contributed by atoms with Crippen molar-refractivity contribution in [3.05, 3.63) is 35.4 Å². The number of carbonyl (C=O) groups is 2. The quantitative estimate of drug-likeness (QED) is 0.629. The molecule has 25 heavy (non-hydrogen) atoms. The summed E-state index contributed by atoms with van der Waals surface area (Å²) in [7, 11) is 0. The number of benzene rings is 1. The van der Waals surface area contributed by atoms with Crippen LogP contribution in [0.1, 0.15) is 75.8 Å². The Bertz CT molecular complexity index is 604. The lowest BCUT2D eigenvalue weighted by Gasteiger charge is -2.20. The molecule has 1 aliphatic rings. The van der Waals surface area contributed by atoms with Crippen molar-refractivity contribution in [3.63, 3.8) is 0 Å². The van der Waals surface area contributed by atoms with Crippen LogP contribution in [-0.2, 0) is 9.53 Å². The van der Waals surface area contributed by atoms with E-state index in [1.807, 2.05) is 39.8 Å². The van der Waals surface area contributed by atoms with Crippen molar-refractivity contribution in [2.45, 2.75) is 65.5 Å². The molecule has 1 aromatic rings. The molecule has 0 heterocycles. The topological polar surface area (TPSA) is 67.4 Å². The average molecular weight is 346 g/mol. The van der Waals surface area contributed by atoms with E-state index in [1.54, 1.807) is 12.1 Å². The van der Waals surface area contributed by atoms with E-state index in [0.717, 1.165) is 24.8 Å². The third kappa shape index (κ3) is 5.56. The second kappa shape index (κ2) is 8.00. The molecular formula is C20H30N2O3. The Hall–Kier alpha value is -1.88. The molecule has 0 unspecified atom stereocenters. The smallest absolute Gasteiger partial charge is 0.338 e. The molecule has 1 aliphatic carbocycles. The van der Waals surface area contributed by atoms with Gasteiger partial charge in [-0.1, -0.05) is 25.5 Å². The molecule has 1 fully saturated rings. The van der Waals surface area contributed by atoms with Crippen LogP contribution in [0.2, 0.25) is 0 Å². The molecule has 138 valence electrons. The Morgan fingerprint density at radius 3 is 2.32 bits per heavy atom. The summed E-state index contributed by atoms with van der Waals surface area (Å²) < 4.78 is 5.36. The second-order valence-electron chi connectivity index (χ2n) is 7.99. The van der Waals surface area contributed by atoms with Gasteiger partial charge in [0.25, 0.3) is 0 Å². The van der Waals surface area contributed by atoms with Crippen molar-refractivity contribution in [2.75, 3.05) is 0 Å². The van der Waals surface area contributed by atoms with E-state index in [0.29, 0.717) is 11.5 Å². The molecule has 1 saturated carbocycles. The van der Waals surface area contributed by atoms with Gasteiger partial charge in [-0.25, -0.2) is 10.2 Å². The Labute approximate surface area is 150 Å². The van der Waals surface area contributed by atoms with Gasteiger partial charge >= 0.3 is 5.97 Å². The zero-order valence-corrected chi connectivity index (χ0v) is 15.9. The van der Waals surface area contributed by atoms with Crippen LogP contribution in [-0.4, -0.2) is 17.5 Å². The molecule has 0 aromatic heterocycles. The van der Waals surface area contributed by atoms with Crippen LogP contribution in [0.25, 0.3) is 0 Å². The van der Waals surface area contributed by atoms with E-state index in [2.05, 4.69) is 17.8 Å². The summed E-state index contributed by atoms with van der Waals surface area (Å²) in [6, 6.07) is 7.21. The molecular weight excluding hydrogens is 316 g/mol. The Kier molecular flexibility index (Phi) is 6.22. The normalized spacial score (nSPS) is 21.6. The van der Waals surface area contributed by atoms with Gasteiger partial charge in [0.15, 0.2) is 0 Å². The molecule has 0 aliphatic heterocycles. The first kappa shape index (κ1) is 19.4. The number of carbonyl (C=O) groups excluding carboxylic acids is 2. The third-order valence-corrected chi connectivity index (χ3v) is 4.66. The molecule has 5 nitrogen and oxygen atoms in total. The van der Waals surface area contributed by atoms with E-state index < -0.39 is 5.60 Å². The van der Waals surface area contributed by atoms with E-state index in [-0.39, 0.29) is 23.8 Å². The molecule has 0 bridgehead atoms. The van der Waals surface area contributed by atoms with Crippen molar-refractivity contribution < 1.29 is 14.3 Å². The van der Waals surface area contributed by atoms with Crippen LogP contribution < -0.4 is 10.9 Å². The number of hydrogen-bond donors (Lipinski definition) is 2. The zero-order chi connectivity index (χ0) is 18.6. The summed E-state index contributed by atoms with van der Waals surface area (Å²) in [6.07, 6.45) is 3.22. The summed E-state index contributed by atoms with van der Waals surface area (Å²) >= 11 is 0. The maximum absolute atomic E-state index is 12.2. The Morgan fingerprint density at radius 1 is 1.16 bits per heavy atom. The first-order chi connectivity index (χ1) is 11.7. The highest BCUT2D eigenvalue weighted by atomic mass is 16.6. The lowest BCUT2D eigenvalue weighted by molar-refractivity contribution is -0.127. The molecule has 1 aromatic carbocycles.